The van der Waals surface area contributed by atoms with Gasteiger partial charge in [-0.2, -0.15) is 0 Å². The maximum atomic E-state index is 12.4. The molecule has 0 atom stereocenters. The van der Waals surface area contributed by atoms with Gasteiger partial charge in [0.1, 0.15) is 11.3 Å². The summed E-state index contributed by atoms with van der Waals surface area (Å²) < 4.78 is 10.5. The molecule has 0 fully saturated rings. The SMILES string of the molecule is COC(=O)c1c(Cl)cc(Cl)cc1NC(=O)CSc1ccc(OCCc2ccccn2)cc1. The standard InChI is InChI=1S/C23H20Cl2N2O4S/c1-30-23(29)22-19(25)12-15(24)13-20(22)27-21(28)14-32-18-7-5-17(6-8-18)31-11-9-16-4-2-3-10-26-16/h2-8,10,12-13H,9,11,14H2,1H3,(H,27,28). The molecule has 0 aliphatic rings. The maximum absolute atomic E-state index is 12.4. The van der Waals surface area contributed by atoms with Crippen LogP contribution in [0, 0.1) is 0 Å². The Hall–Kier alpha value is -2.74. The summed E-state index contributed by atoms with van der Waals surface area (Å²) in [4.78, 5) is 29.6. The Kier molecular flexibility index (Phi) is 8.79. The van der Waals surface area contributed by atoms with E-state index in [1.807, 2.05) is 42.5 Å². The van der Waals surface area contributed by atoms with Gasteiger partial charge in [-0.1, -0.05) is 29.3 Å². The van der Waals surface area contributed by atoms with Gasteiger partial charge in [0.15, 0.2) is 0 Å². The molecule has 3 aromatic rings. The van der Waals surface area contributed by atoms with Crippen molar-refractivity contribution in [1.29, 1.82) is 0 Å². The lowest BCUT2D eigenvalue weighted by molar-refractivity contribution is -0.113. The number of ether oxygens (including phenoxy) is 2. The van der Waals surface area contributed by atoms with E-state index in [1.165, 1.54) is 31.0 Å². The number of halogens is 2. The summed E-state index contributed by atoms with van der Waals surface area (Å²) in [6.45, 7) is 0.524. The van der Waals surface area contributed by atoms with Crippen LogP contribution >= 0.6 is 35.0 Å². The molecule has 0 radical (unpaired) electrons. The van der Waals surface area contributed by atoms with E-state index >= 15 is 0 Å². The van der Waals surface area contributed by atoms with Gasteiger partial charge in [0.2, 0.25) is 5.91 Å². The molecule has 0 saturated heterocycles. The van der Waals surface area contributed by atoms with E-state index in [2.05, 4.69) is 10.3 Å². The molecule has 3 rings (SSSR count). The molecule has 2 aromatic carbocycles. The maximum Gasteiger partial charge on any atom is 0.341 e. The Balaban J connectivity index is 1.51. The number of amides is 1. The first-order valence-corrected chi connectivity index (χ1v) is 11.3. The highest BCUT2D eigenvalue weighted by molar-refractivity contribution is 8.00. The first kappa shape index (κ1) is 23.9. The highest BCUT2D eigenvalue weighted by Gasteiger charge is 2.19. The van der Waals surface area contributed by atoms with Crippen molar-refractivity contribution in [2.45, 2.75) is 11.3 Å². The third-order valence-electron chi connectivity index (χ3n) is 4.27. The summed E-state index contributed by atoms with van der Waals surface area (Å²) in [6.07, 6.45) is 2.48. The molecule has 1 N–H and O–H groups in total. The molecule has 0 aliphatic heterocycles. The number of hydrogen-bond acceptors (Lipinski definition) is 6. The molecule has 6 nitrogen and oxygen atoms in total. The summed E-state index contributed by atoms with van der Waals surface area (Å²) in [7, 11) is 1.24. The van der Waals surface area contributed by atoms with Gasteiger partial charge in [0, 0.05) is 28.2 Å². The number of carbonyl (C=O) groups excluding carboxylic acids is 2. The third-order valence-corrected chi connectivity index (χ3v) is 5.79. The van der Waals surface area contributed by atoms with Crippen LogP contribution in [0.4, 0.5) is 5.69 Å². The number of nitrogens with one attached hydrogen (secondary N) is 1. The highest BCUT2D eigenvalue weighted by Crippen LogP contribution is 2.30. The summed E-state index contributed by atoms with van der Waals surface area (Å²) in [6, 6.07) is 16.1. The van der Waals surface area contributed by atoms with Crippen LogP contribution < -0.4 is 10.1 Å². The van der Waals surface area contributed by atoms with Crippen molar-refractivity contribution >= 4 is 52.5 Å². The summed E-state index contributed by atoms with van der Waals surface area (Å²) in [5.74, 6) is -0.0987. The lowest BCUT2D eigenvalue weighted by atomic mass is 10.1. The van der Waals surface area contributed by atoms with Crippen LogP contribution in [0.25, 0.3) is 0 Å². The second kappa shape index (κ2) is 11.8. The van der Waals surface area contributed by atoms with Crippen molar-refractivity contribution in [3.05, 3.63) is 82.1 Å². The molecule has 0 aliphatic carbocycles. The molecule has 166 valence electrons. The van der Waals surface area contributed by atoms with Crippen LogP contribution in [-0.4, -0.2) is 36.3 Å². The molecule has 9 heteroatoms. The fraction of sp³-hybridized carbons (Fsp3) is 0.174. The van der Waals surface area contributed by atoms with Gasteiger partial charge in [-0.25, -0.2) is 4.79 Å². The van der Waals surface area contributed by atoms with E-state index in [4.69, 9.17) is 32.7 Å². The number of esters is 1. The summed E-state index contributed by atoms with van der Waals surface area (Å²) in [5, 5.41) is 3.07. The number of hydrogen-bond donors (Lipinski definition) is 1. The average molecular weight is 491 g/mol. The molecule has 32 heavy (non-hydrogen) atoms. The van der Waals surface area contributed by atoms with Gasteiger partial charge >= 0.3 is 5.97 Å². The third kappa shape index (κ3) is 6.88. The number of aromatic nitrogens is 1. The van der Waals surface area contributed by atoms with Crippen molar-refractivity contribution < 1.29 is 19.1 Å². The van der Waals surface area contributed by atoms with Crippen LogP contribution in [-0.2, 0) is 16.0 Å². The number of thioether (sulfide) groups is 1. The van der Waals surface area contributed by atoms with Crippen LogP contribution in [0.1, 0.15) is 16.1 Å². The van der Waals surface area contributed by atoms with Crippen LogP contribution in [0.5, 0.6) is 5.75 Å². The lowest BCUT2D eigenvalue weighted by Gasteiger charge is -2.12. The number of methoxy groups -OCH3 is 1. The van der Waals surface area contributed by atoms with E-state index in [1.54, 1.807) is 6.20 Å². The van der Waals surface area contributed by atoms with Crippen LogP contribution in [0.15, 0.2) is 65.7 Å². The van der Waals surface area contributed by atoms with Gasteiger partial charge in [-0.15, -0.1) is 11.8 Å². The fourth-order valence-corrected chi connectivity index (χ4v) is 4.04. The normalized spacial score (nSPS) is 10.5. The lowest BCUT2D eigenvalue weighted by Crippen LogP contribution is -2.17. The molecule has 0 bridgehead atoms. The molecule has 1 aromatic heterocycles. The van der Waals surface area contributed by atoms with Crippen molar-refractivity contribution in [2.24, 2.45) is 0 Å². The summed E-state index contributed by atoms with van der Waals surface area (Å²) >= 11 is 13.4. The topological polar surface area (TPSA) is 77.5 Å². The van der Waals surface area contributed by atoms with Gasteiger partial charge < -0.3 is 14.8 Å². The van der Waals surface area contributed by atoms with Crippen molar-refractivity contribution in [1.82, 2.24) is 4.98 Å². The van der Waals surface area contributed by atoms with E-state index in [0.29, 0.717) is 11.6 Å². The van der Waals surface area contributed by atoms with Gasteiger partial charge in [-0.05, 0) is 48.5 Å². The van der Waals surface area contributed by atoms with E-state index in [9.17, 15) is 9.59 Å². The first-order valence-electron chi connectivity index (χ1n) is 9.59. The Labute approximate surface area is 200 Å². The molecule has 1 heterocycles. The average Bonchev–Trinajstić information content (AvgIpc) is 2.78. The number of anilines is 1. The fourth-order valence-electron chi connectivity index (χ4n) is 2.77. The van der Waals surface area contributed by atoms with E-state index in [-0.39, 0.29) is 27.9 Å². The smallest absolute Gasteiger partial charge is 0.341 e. The molecular weight excluding hydrogens is 471 g/mol. The monoisotopic (exact) mass is 490 g/mol. The Bertz CT molecular complexity index is 1080. The van der Waals surface area contributed by atoms with Gasteiger partial charge in [0.25, 0.3) is 0 Å². The predicted octanol–water partition coefficient (Wildman–Crippen LogP) is 5.53. The minimum atomic E-state index is -0.659. The van der Waals surface area contributed by atoms with Crippen LogP contribution in [0.2, 0.25) is 10.0 Å². The van der Waals surface area contributed by atoms with E-state index in [0.717, 1.165) is 22.8 Å². The first-order chi connectivity index (χ1) is 15.5. The molecule has 0 saturated carbocycles. The molecule has 0 spiro atoms. The summed E-state index contributed by atoms with van der Waals surface area (Å²) in [5.41, 5.74) is 1.24. The zero-order chi connectivity index (χ0) is 22.9. The number of benzene rings is 2. The highest BCUT2D eigenvalue weighted by atomic mass is 35.5. The van der Waals surface area contributed by atoms with Gasteiger partial charge in [-0.3, -0.25) is 9.78 Å². The van der Waals surface area contributed by atoms with E-state index < -0.39 is 5.97 Å². The van der Waals surface area contributed by atoms with Crippen molar-refractivity contribution in [3.8, 4) is 5.75 Å². The number of nitrogens with zero attached hydrogens (tertiary/aromatic N) is 1. The number of rotatable bonds is 9. The number of carbonyl (C=O) groups is 2. The Morgan fingerprint density at radius 3 is 2.56 bits per heavy atom. The zero-order valence-electron chi connectivity index (χ0n) is 17.1. The quantitative estimate of drug-likeness (QED) is 0.314. The second-order valence-electron chi connectivity index (χ2n) is 6.53. The zero-order valence-corrected chi connectivity index (χ0v) is 19.5. The largest absolute Gasteiger partial charge is 0.493 e. The van der Waals surface area contributed by atoms with Crippen molar-refractivity contribution in [3.63, 3.8) is 0 Å². The van der Waals surface area contributed by atoms with Crippen molar-refractivity contribution in [2.75, 3.05) is 24.8 Å². The Morgan fingerprint density at radius 1 is 1.09 bits per heavy atom. The van der Waals surface area contributed by atoms with Gasteiger partial charge in [0.05, 0.1) is 30.2 Å². The minimum Gasteiger partial charge on any atom is -0.493 e. The Morgan fingerprint density at radius 2 is 1.88 bits per heavy atom. The molecule has 0 unspecified atom stereocenters. The predicted molar refractivity (Wildman–Crippen MR) is 127 cm³/mol. The molecule has 1 amide bonds. The molecular formula is C23H20Cl2N2O4S. The minimum absolute atomic E-state index is 0.0594. The second-order valence-corrected chi connectivity index (χ2v) is 8.42. The number of pyridine rings is 1. The van der Waals surface area contributed by atoms with Crippen LogP contribution in [0.3, 0.4) is 0 Å².